The van der Waals surface area contributed by atoms with E-state index in [1.807, 2.05) is 30.3 Å². The molecule has 1 aromatic carbocycles. The summed E-state index contributed by atoms with van der Waals surface area (Å²) in [5.41, 5.74) is 2.19. The fraction of sp³-hybridized carbons (Fsp3) is 0.333. The fourth-order valence-corrected chi connectivity index (χ4v) is 2.96. The van der Waals surface area contributed by atoms with Crippen molar-refractivity contribution in [2.75, 3.05) is 5.32 Å². The fourth-order valence-electron chi connectivity index (χ4n) is 2.84. The van der Waals surface area contributed by atoms with Crippen molar-refractivity contribution in [2.24, 2.45) is 0 Å². The maximum absolute atomic E-state index is 12.3. The lowest BCUT2D eigenvalue weighted by Gasteiger charge is -2.22. The van der Waals surface area contributed by atoms with Gasteiger partial charge < -0.3 is 10.6 Å². The number of aromatic nitrogens is 1. The number of hydrogen-bond donors (Lipinski definition) is 2. The summed E-state index contributed by atoms with van der Waals surface area (Å²) in [6.45, 7) is 0. The van der Waals surface area contributed by atoms with Crippen molar-refractivity contribution >= 4 is 28.9 Å². The summed E-state index contributed by atoms with van der Waals surface area (Å²) < 4.78 is 0. The Hall–Kier alpha value is -2.07. The molecule has 1 fully saturated rings. The topological polar surface area (TPSA) is 54.0 Å². The Morgan fingerprint density at radius 2 is 1.78 bits per heavy atom. The number of nitrogens with zero attached hydrogens (tertiary/aromatic N) is 1. The van der Waals surface area contributed by atoms with E-state index in [0.29, 0.717) is 10.7 Å². The molecule has 1 aliphatic rings. The van der Waals surface area contributed by atoms with Gasteiger partial charge in [0.05, 0.1) is 0 Å². The smallest absolute Gasteiger partial charge is 0.270 e. The van der Waals surface area contributed by atoms with Gasteiger partial charge >= 0.3 is 0 Å². The highest BCUT2D eigenvalue weighted by Gasteiger charge is 2.17. The van der Waals surface area contributed by atoms with Gasteiger partial charge in [-0.05, 0) is 49.2 Å². The third-order valence-electron chi connectivity index (χ3n) is 4.07. The van der Waals surface area contributed by atoms with E-state index in [4.69, 9.17) is 11.6 Å². The number of rotatable bonds is 4. The second-order valence-electron chi connectivity index (χ2n) is 5.87. The second-order valence-corrected chi connectivity index (χ2v) is 6.31. The molecule has 0 atom stereocenters. The van der Waals surface area contributed by atoms with Crippen LogP contribution in [-0.4, -0.2) is 16.9 Å². The molecule has 1 heterocycles. The van der Waals surface area contributed by atoms with Crippen LogP contribution < -0.4 is 10.6 Å². The Bertz CT molecular complexity index is 666. The molecule has 3 rings (SSSR count). The van der Waals surface area contributed by atoms with Crippen molar-refractivity contribution in [3.05, 3.63) is 53.3 Å². The predicted octanol–water partition coefficient (Wildman–Crippen LogP) is 4.54. The van der Waals surface area contributed by atoms with Crippen molar-refractivity contribution in [1.29, 1.82) is 0 Å². The van der Waals surface area contributed by atoms with Crippen LogP contribution in [0.25, 0.3) is 0 Å². The van der Waals surface area contributed by atoms with Crippen molar-refractivity contribution in [2.45, 2.75) is 38.1 Å². The Morgan fingerprint density at radius 1 is 1.04 bits per heavy atom. The molecular weight excluding hydrogens is 310 g/mol. The summed E-state index contributed by atoms with van der Waals surface area (Å²) in [6, 6.07) is 11.3. The van der Waals surface area contributed by atoms with Crippen LogP contribution in [0.2, 0.25) is 5.02 Å². The number of pyridine rings is 1. The molecule has 2 N–H and O–H groups in total. The predicted molar refractivity (Wildman–Crippen MR) is 93.3 cm³/mol. The minimum Gasteiger partial charge on any atom is -0.355 e. The summed E-state index contributed by atoms with van der Waals surface area (Å²) in [4.78, 5) is 16.5. The summed E-state index contributed by atoms with van der Waals surface area (Å²) in [6.07, 6.45) is 7.43. The van der Waals surface area contributed by atoms with Crippen LogP contribution in [-0.2, 0) is 0 Å². The molecule has 4 nitrogen and oxygen atoms in total. The molecular formula is C18H20ClN3O. The van der Waals surface area contributed by atoms with Gasteiger partial charge in [-0.1, -0.05) is 30.9 Å². The molecule has 1 aromatic heterocycles. The van der Waals surface area contributed by atoms with Gasteiger partial charge in [-0.15, -0.1) is 0 Å². The van der Waals surface area contributed by atoms with Crippen LogP contribution in [0.15, 0.2) is 42.6 Å². The van der Waals surface area contributed by atoms with Gasteiger partial charge in [0.15, 0.2) is 0 Å². The first-order chi connectivity index (χ1) is 11.2. The Balaban J connectivity index is 1.66. The maximum atomic E-state index is 12.3. The molecule has 1 saturated carbocycles. The molecule has 0 spiro atoms. The van der Waals surface area contributed by atoms with Gasteiger partial charge in [0.1, 0.15) is 5.69 Å². The largest absolute Gasteiger partial charge is 0.355 e. The average Bonchev–Trinajstić information content (AvgIpc) is 2.58. The minimum absolute atomic E-state index is 0.100. The number of hydrogen-bond acceptors (Lipinski definition) is 3. The van der Waals surface area contributed by atoms with Gasteiger partial charge in [-0.25, -0.2) is 0 Å². The standard InChI is InChI=1S/C18H20ClN3O/c19-13-6-8-15(9-7-13)21-16-10-11-20-17(12-16)18(23)22-14-4-2-1-3-5-14/h6-12,14H,1-5H2,(H,20,21)(H,22,23). The molecule has 0 unspecified atom stereocenters. The SMILES string of the molecule is O=C(NC1CCCCC1)c1cc(Nc2ccc(Cl)cc2)ccn1. The van der Waals surface area contributed by atoms with Gasteiger partial charge in [0, 0.05) is 28.6 Å². The Labute approximate surface area is 141 Å². The molecule has 120 valence electrons. The molecule has 0 saturated heterocycles. The maximum Gasteiger partial charge on any atom is 0.270 e. The van der Waals surface area contributed by atoms with Crippen molar-refractivity contribution in [3.63, 3.8) is 0 Å². The van der Waals surface area contributed by atoms with Crippen molar-refractivity contribution in [3.8, 4) is 0 Å². The molecule has 1 amide bonds. The highest BCUT2D eigenvalue weighted by Crippen LogP contribution is 2.20. The van der Waals surface area contributed by atoms with E-state index >= 15 is 0 Å². The minimum atomic E-state index is -0.100. The van der Waals surface area contributed by atoms with Crippen LogP contribution in [0, 0.1) is 0 Å². The van der Waals surface area contributed by atoms with Crippen LogP contribution in [0.4, 0.5) is 11.4 Å². The second kappa shape index (κ2) is 7.47. The van der Waals surface area contributed by atoms with Crippen LogP contribution >= 0.6 is 11.6 Å². The number of amides is 1. The molecule has 2 aromatic rings. The summed E-state index contributed by atoms with van der Waals surface area (Å²) in [7, 11) is 0. The molecule has 0 radical (unpaired) electrons. The van der Waals surface area contributed by atoms with E-state index in [9.17, 15) is 4.79 Å². The number of anilines is 2. The lowest BCUT2D eigenvalue weighted by molar-refractivity contribution is 0.0922. The summed E-state index contributed by atoms with van der Waals surface area (Å²) in [5, 5.41) is 7.03. The quantitative estimate of drug-likeness (QED) is 0.865. The average molecular weight is 330 g/mol. The third-order valence-corrected chi connectivity index (χ3v) is 4.32. The van der Waals surface area contributed by atoms with Gasteiger partial charge in [0.2, 0.25) is 0 Å². The zero-order chi connectivity index (χ0) is 16.1. The molecule has 5 heteroatoms. The van der Waals surface area contributed by atoms with Crippen molar-refractivity contribution in [1.82, 2.24) is 10.3 Å². The zero-order valence-corrected chi connectivity index (χ0v) is 13.6. The van der Waals surface area contributed by atoms with Crippen LogP contribution in [0.3, 0.4) is 0 Å². The Kier molecular flexibility index (Phi) is 5.13. The summed E-state index contributed by atoms with van der Waals surface area (Å²) >= 11 is 5.88. The zero-order valence-electron chi connectivity index (χ0n) is 12.9. The highest BCUT2D eigenvalue weighted by atomic mass is 35.5. The highest BCUT2D eigenvalue weighted by molar-refractivity contribution is 6.30. The number of nitrogens with one attached hydrogen (secondary N) is 2. The number of carbonyl (C=O) groups is 1. The lowest BCUT2D eigenvalue weighted by atomic mass is 9.95. The first kappa shape index (κ1) is 15.8. The van der Waals surface area contributed by atoms with E-state index in [-0.39, 0.29) is 11.9 Å². The van der Waals surface area contributed by atoms with Gasteiger partial charge in [-0.3, -0.25) is 9.78 Å². The summed E-state index contributed by atoms with van der Waals surface area (Å²) in [5.74, 6) is -0.100. The van der Waals surface area contributed by atoms with Crippen molar-refractivity contribution < 1.29 is 4.79 Å². The van der Waals surface area contributed by atoms with Crippen LogP contribution in [0.1, 0.15) is 42.6 Å². The van der Waals surface area contributed by atoms with E-state index in [2.05, 4.69) is 15.6 Å². The van der Waals surface area contributed by atoms with E-state index < -0.39 is 0 Å². The third kappa shape index (κ3) is 4.45. The number of benzene rings is 1. The van der Waals surface area contributed by atoms with Gasteiger partial charge in [0.25, 0.3) is 5.91 Å². The van der Waals surface area contributed by atoms with E-state index in [1.165, 1.54) is 19.3 Å². The lowest BCUT2D eigenvalue weighted by Crippen LogP contribution is -2.36. The normalized spacial score (nSPS) is 15.2. The monoisotopic (exact) mass is 329 g/mol. The van der Waals surface area contributed by atoms with E-state index in [0.717, 1.165) is 24.2 Å². The van der Waals surface area contributed by atoms with Gasteiger partial charge in [-0.2, -0.15) is 0 Å². The Morgan fingerprint density at radius 3 is 2.52 bits per heavy atom. The number of halogens is 1. The van der Waals surface area contributed by atoms with E-state index in [1.54, 1.807) is 12.3 Å². The first-order valence-electron chi connectivity index (χ1n) is 8.00. The number of carbonyl (C=O) groups excluding carboxylic acids is 1. The van der Waals surface area contributed by atoms with Crippen LogP contribution in [0.5, 0.6) is 0 Å². The molecule has 0 aliphatic heterocycles. The molecule has 0 bridgehead atoms. The first-order valence-corrected chi connectivity index (χ1v) is 8.38. The molecule has 23 heavy (non-hydrogen) atoms. The molecule has 1 aliphatic carbocycles.